The van der Waals surface area contributed by atoms with E-state index in [1.54, 1.807) is 12.3 Å². The molecule has 1 unspecified atom stereocenters. The minimum Gasteiger partial charge on any atom is -0.481 e. The molecule has 3 fully saturated rings. The van der Waals surface area contributed by atoms with E-state index in [1.165, 1.54) is 0 Å². The van der Waals surface area contributed by atoms with E-state index in [9.17, 15) is 14.7 Å². The van der Waals surface area contributed by atoms with Gasteiger partial charge in [-0.1, -0.05) is 6.92 Å². The number of pyridine rings is 1. The van der Waals surface area contributed by atoms with Crippen molar-refractivity contribution < 1.29 is 14.7 Å². The van der Waals surface area contributed by atoms with Crippen LogP contribution in [0, 0.1) is 11.8 Å². The molecule has 3 aliphatic rings. The van der Waals surface area contributed by atoms with Crippen molar-refractivity contribution in [2.45, 2.75) is 44.7 Å². The molecule has 6 nitrogen and oxygen atoms in total. The first-order chi connectivity index (χ1) is 11.5. The molecule has 1 aromatic rings. The van der Waals surface area contributed by atoms with Crippen LogP contribution in [0.5, 0.6) is 0 Å². The standard InChI is InChI=1S/C18H23N3O3/c1-11-5-7-20(10-11)16-8-12(4-6-19-16)17(22)21-13-2-3-15(21)14(9-13)18(23)24/h4,6,8,11,13-15H,2-3,5,7,9-10H2,1H3,(H,23,24)/t11?,13-,14-,15+/m1/s1. The Labute approximate surface area is 141 Å². The fourth-order valence-corrected chi connectivity index (χ4v) is 4.59. The molecule has 4 atom stereocenters. The lowest BCUT2D eigenvalue weighted by Gasteiger charge is -2.24. The molecule has 0 radical (unpaired) electrons. The van der Waals surface area contributed by atoms with Crippen molar-refractivity contribution in [3.63, 3.8) is 0 Å². The van der Waals surface area contributed by atoms with Crippen LogP contribution in [0.3, 0.4) is 0 Å². The van der Waals surface area contributed by atoms with Gasteiger partial charge in [0.25, 0.3) is 5.91 Å². The molecule has 4 heterocycles. The van der Waals surface area contributed by atoms with E-state index in [4.69, 9.17) is 0 Å². The maximum absolute atomic E-state index is 13.0. The molecule has 0 spiro atoms. The number of amides is 1. The molecule has 4 rings (SSSR count). The maximum Gasteiger partial charge on any atom is 0.308 e. The van der Waals surface area contributed by atoms with E-state index in [2.05, 4.69) is 16.8 Å². The largest absolute Gasteiger partial charge is 0.481 e. The van der Waals surface area contributed by atoms with Crippen LogP contribution in [0.4, 0.5) is 5.82 Å². The number of hydrogen-bond donors (Lipinski definition) is 1. The highest BCUT2D eigenvalue weighted by Crippen LogP contribution is 2.42. The van der Waals surface area contributed by atoms with E-state index in [0.29, 0.717) is 17.9 Å². The van der Waals surface area contributed by atoms with E-state index >= 15 is 0 Å². The number of aliphatic carboxylic acids is 1. The Morgan fingerprint density at radius 2 is 2.12 bits per heavy atom. The van der Waals surface area contributed by atoms with Gasteiger partial charge in [-0.3, -0.25) is 9.59 Å². The van der Waals surface area contributed by atoms with Gasteiger partial charge in [-0.15, -0.1) is 0 Å². The first-order valence-electron chi connectivity index (χ1n) is 8.81. The van der Waals surface area contributed by atoms with E-state index in [0.717, 1.165) is 38.2 Å². The Bertz CT molecular complexity index is 677. The van der Waals surface area contributed by atoms with E-state index in [-0.39, 0.29) is 18.0 Å². The van der Waals surface area contributed by atoms with Crippen LogP contribution in [-0.2, 0) is 4.79 Å². The zero-order valence-electron chi connectivity index (χ0n) is 13.9. The number of carboxylic acid groups (broad SMARTS) is 1. The highest BCUT2D eigenvalue weighted by Gasteiger charge is 2.51. The number of carbonyl (C=O) groups is 2. The number of fused-ring (bicyclic) bond motifs is 2. The zero-order valence-corrected chi connectivity index (χ0v) is 13.9. The first-order valence-corrected chi connectivity index (χ1v) is 8.81. The predicted octanol–water partition coefficient (Wildman–Crippen LogP) is 2.01. The van der Waals surface area contributed by atoms with Crippen molar-refractivity contribution in [1.29, 1.82) is 0 Å². The monoisotopic (exact) mass is 329 g/mol. The van der Waals surface area contributed by atoms with Crippen LogP contribution in [0.15, 0.2) is 18.3 Å². The summed E-state index contributed by atoms with van der Waals surface area (Å²) in [6.45, 7) is 4.17. The fourth-order valence-electron chi connectivity index (χ4n) is 4.59. The van der Waals surface area contributed by atoms with Crippen molar-refractivity contribution in [3.8, 4) is 0 Å². The number of hydrogen-bond acceptors (Lipinski definition) is 4. The smallest absolute Gasteiger partial charge is 0.308 e. The second-order valence-corrected chi connectivity index (χ2v) is 7.43. The van der Waals surface area contributed by atoms with Crippen LogP contribution in [-0.4, -0.2) is 52.0 Å². The lowest BCUT2D eigenvalue weighted by molar-refractivity contribution is -0.142. The molecular formula is C18H23N3O3. The summed E-state index contributed by atoms with van der Waals surface area (Å²) >= 11 is 0. The first kappa shape index (κ1) is 15.4. The number of aromatic nitrogens is 1. The number of rotatable bonds is 3. The Morgan fingerprint density at radius 1 is 1.29 bits per heavy atom. The Balaban J connectivity index is 1.56. The number of nitrogens with zero attached hydrogens (tertiary/aromatic N) is 3. The van der Waals surface area contributed by atoms with Gasteiger partial charge in [0, 0.05) is 36.9 Å². The topological polar surface area (TPSA) is 73.7 Å². The van der Waals surface area contributed by atoms with Gasteiger partial charge in [-0.2, -0.15) is 0 Å². The molecule has 0 saturated carbocycles. The van der Waals surface area contributed by atoms with Crippen LogP contribution in [0.1, 0.15) is 43.0 Å². The maximum atomic E-state index is 13.0. The minimum atomic E-state index is -0.776. The lowest BCUT2D eigenvalue weighted by atomic mass is 9.89. The van der Waals surface area contributed by atoms with Gasteiger partial charge in [0.05, 0.1) is 5.92 Å². The summed E-state index contributed by atoms with van der Waals surface area (Å²) in [7, 11) is 0. The van der Waals surface area contributed by atoms with Gasteiger partial charge in [-0.25, -0.2) is 4.98 Å². The molecule has 24 heavy (non-hydrogen) atoms. The summed E-state index contributed by atoms with van der Waals surface area (Å²) in [6, 6.07) is 3.54. The molecule has 128 valence electrons. The normalized spacial score (nSPS) is 31.7. The number of carboxylic acids is 1. The molecule has 2 bridgehead atoms. The van der Waals surface area contributed by atoms with Crippen LogP contribution < -0.4 is 4.90 Å². The average Bonchev–Trinajstić information content (AvgIpc) is 3.28. The molecule has 1 amide bonds. The van der Waals surface area contributed by atoms with Crippen LogP contribution in [0.2, 0.25) is 0 Å². The summed E-state index contributed by atoms with van der Waals surface area (Å²) in [5, 5.41) is 9.36. The van der Waals surface area contributed by atoms with Crippen molar-refractivity contribution in [2.75, 3.05) is 18.0 Å². The SMILES string of the molecule is CC1CCN(c2cc(C(=O)N3[C@@H]4CC[C@H]3[C@H](C(=O)O)C4)ccn2)C1. The van der Waals surface area contributed by atoms with Gasteiger partial charge in [0.1, 0.15) is 5.82 Å². The van der Waals surface area contributed by atoms with Gasteiger partial charge >= 0.3 is 5.97 Å². The van der Waals surface area contributed by atoms with E-state index in [1.807, 2.05) is 11.0 Å². The lowest BCUT2D eigenvalue weighted by Crippen LogP contribution is -2.38. The summed E-state index contributed by atoms with van der Waals surface area (Å²) in [5.74, 6) is 0.278. The van der Waals surface area contributed by atoms with Crippen molar-refractivity contribution in [1.82, 2.24) is 9.88 Å². The molecular weight excluding hydrogens is 306 g/mol. The summed E-state index contributed by atoms with van der Waals surface area (Å²) in [4.78, 5) is 32.9. The average molecular weight is 329 g/mol. The van der Waals surface area contributed by atoms with Crippen molar-refractivity contribution in [3.05, 3.63) is 23.9 Å². The summed E-state index contributed by atoms with van der Waals surface area (Å²) < 4.78 is 0. The Kier molecular flexibility index (Phi) is 3.70. The van der Waals surface area contributed by atoms with Gasteiger partial charge in [-0.05, 0) is 43.7 Å². The Morgan fingerprint density at radius 3 is 2.79 bits per heavy atom. The fraction of sp³-hybridized carbons (Fsp3) is 0.611. The van der Waals surface area contributed by atoms with Crippen LogP contribution >= 0.6 is 0 Å². The number of anilines is 1. The quantitative estimate of drug-likeness (QED) is 0.918. The molecule has 0 aliphatic carbocycles. The predicted molar refractivity (Wildman–Crippen MR) is 89.0 cm³/mol. The molecule has 6 heteroatoms. The third-order valence-electron chi connectivity index (χ3n) is 5.83. The molecule has 3 aliphatic heterocycles. The number of carbonyl (C=O) groups excluding carboxylic acids is 1. The summed E-state index contributed by atoms with van der Waals surface area (Å²) in [5.41, 5.74) is 0.627. The molecule has 1 aromatic heterocycles. The van der Waals surface area contributed by atoms with Gasteiger partial charge in [0.15, 0.2) is 0 Å². The van der Waals surface area contributed by atoms with Gasteiger partial charge in [0.2, 0.25) is 0 Å². The van der Waals surface area contributed by atoms with E-state index < -0.39 is 11.9 Å². The van der Waals surface area contributed by atoms with Crippen molar-refractivity contribution in [2.24, 2.45) is 11.8 Å². The zero-order chi connectivity index (χ0) is 16.8. The third-order valence-corrected chi connectivity index (χ3v) is 5.83. The summed E-state index contributed by atoms with van der Waals surface area (Å²) in [6.07, 6.45) is 5.15. The van der Waals surface area contributed by atoms with Gasteiger partial charge < -0.3 is 14.9 Å². The van der Waals surface area contributed by atoms with Crippen LogP contribution in [0.25, 0.3) is 0 Å². The highest BCUT2D eigenvalue weighted by molar-refractivity contribution is 5.96. The highest BCUT2D eigenvalue weighted by atomic mass is 16.4. The Hall–Kier alpha value is -2.11. The van der Waals surface area contributed by atoms with Crippen molar-refractivity contribution >= 4 is 17.7 Å². The minimum absolute atomic E-state index is 0.0397. The third kappa shape index (κ3) is 2.44. The second-order valence-electron chi connectivity index (χ2n) is 7.43. The molecule has 3 saturated heterocycles. The molecule has 1 N–H and O–H groups in total. The molecule has 0 aromatic carbocycles. The second kappa shape index (κ2) is 5.76.